The van der Waals surface area contributed by atoms with E-state index in [1.54, 1.807) is 0 Å². The van der Waals surface area contributed by atoms with Gasteiger partial charge in [-0.25, -0.2) is 0 Å². The van der Waals surface area contributed by atoms with Crippen LogP contribution in [0.5, 0.6) is 0 Å². The van der Waals surface area contributed by atoms with Crippen molar-refractivity contribution in [3.8, 4) is 0 Å². The molecule has 0 fully saturated rings. The first-order valence-corrected chi connectivity index (χ1v) is 0. The van der Waals surface area contributed by atoms with Crippen molar-refractivity contribution < 1.29 is 0 Å². The minimum Gasteiger partial charge on any atom is 0 e. The Morgan fingerprint density at radius 3 is 0.0714 bits per heavy atom. The van der Waals surface area contributed by atoms with Gasteiger partial charge in [0.25, 0.3) is 0 Å². The fourth-order valence-corrected chi connectivity index (χ4v) is 0. The van der Waals surface area contributed by atoms with Crippen LogP contribution >= 0.6 is 0 Å². The van der Waals surface area contributed by atoms with Crippen molar-refractivity contribution in [1.29, 1.82) is 0 Å². The topological polar surface area (TPSA) is 0 Å². The van der Waals surface area contributed by atoms with Crippen LogP contribution in [0.4, 0.5) is 0 Å². The second kappa shape index (κ2) is 213. The van der Waals surface area contributed by atoms with Crippen LogP contribution in [0.2, 0.25) is 0 Å². The molecule has 0 aromatic carbocycles. The molecule has 28 heavy (non-hydrogen) atoms. The molecule has 0 unspecified atom stereocenters. The predicted molar refractivity (Wildman–Crippen MR) is 161 cm³/mol. The Morgan fingerprint density at radius 1 is 0.0714 bits per heavy atom. The molecular formula is Pb27Sn. The molecule has 0 rings (SSSR count). The molecule has 0 aliphatic carbocycles. The molecular weight excluding hydrogens is 5710 g/mol. The Hall–Kier alpha value is 25.7. The maximum absolute atomic E-state index is 0. The van der Waals surface area contributed by atoms with Gasteiger partial charge in [-0.2, -0.15) is 0 Å². The van der Waals surface area contributed by atoms with Crippen molar-refractivity contribution in [3.63, 3.8) is 0 Å². The molecule has 0 atom stereocenters. The summed E-state index contributed by atoms with van der Waals surface area (Å²) in [7, 11) is 0. The largest absolute Gasteiger partial charge is 0 e. The first kappa shape index (κ1) is 226. The molecule has 0 nitrogen and oxygen atoms in total. The van der Waals surface area contributed by atoms with Gasteiger partial charge in [0.1, 0.15) is 0 Å². The zero-order valence-electron chi connectivity index (χ0n) is 14.0. The molecule has 0 aliphatic rings. The van der Waals surface area contributed by atoms with E-state index in [0.717, 1.165) is 0 Å². The van der Waals surface area contributed by atoms with Crippen molar-refractivity contribution in [3.05, 3.63) is 0 Å². The minimum absolute atomic E-state index is 0. The Balaban J connectivity index is 0. The van der Waals surface area contributed by atoms with E-state index >= 15 is 0 Å². The van der Waals surface area contributed by atoms with Crippen molar-refractivity contribution in [2.75, 3.05) is 0 Å². The van der Waals surface area contributed by atoms with Crippen LogP contribution in [0.1, 0.15) is 0 Å². The summed E-state index contributed by atoms with van der Waals surface area (Å²) in [5.41, 5.74) is 0. The quantitative estimate of drug-likeness (QED) is 0.212. The first-order chi connectivity index (χ1) is 0. The molecule has 0 bridgehead atoms. The van der Waals surface area contributed by atoms with E-state index in [-0.39, 0.29) is 761 Å². The maximum Gasteiger partial charge on any atom is 0 e. The van der Waals surface area contributed by atoms with Crippen LogP contribution in [0.25, 0.3) is 0 Å². The third kappa shape index (κ3) is 201. The summed E-state index contributed by atoms with van der Waals surface area (Å²) < 4.78 is 0. The fraction of sp³-hybridized carbons (Fsp3) is 0. The van der Waals surface area contributed by atoms with Crippen molar-refractivity contribution in [2.45, 2.75) is 0 Å². The Labute approximate surface area is 734 Å². The van der Waals surface area contributed by atoms with E-state index in [1.165, 1.54) is 0 Å². The van der Waals surface area contributed by atoms with Crippen LogP contribution in [0.3, 0.4) is 0 Å². The molecule has 112 radical (unpaired) electrons. The first-order valence-electron chi connectivity index (χ1n) is 0. The summed E-state index contributed by atoms with van der Waals surface area (Å²) in [5.74, 6) is 0. The molecule has 0 aromatic heterocycles. The van der Waals surface area contributed by atoms with Crippen LogP contribution in [-0.2, 0) is 0 Å². The zero-order valence-corrected chi connectivity index (χ0v) is 122. The van der Waals surface area contributed by atoms with Gasteiger partial charge in [-0.15, -0.1) is 0 Å². The molecule has 0 amide bonds. The Kier molecular flexibility index (Phi) is 1720. The maximum atomic E-state index is 0. The second-order valence-electron chi connectivity index (χ2n) is 0. The Bertz CT molecular complexity index is 6.22. The van der Waals surface area contributed by atoms with Gasteiger partial charge in [0.05, 0.1) is 0 Å². The van der Waals surface area contributed by atoms with Gasteiger partial charge >= 0.3 is 0 Å². The average Bonchev–Trinajstić information content (AvgIpc) is 0. The molecule has 0 spiro atoms. The monoisotopic (exact) mass is 5740 g/mol. The van der Waals surface area contributed by atoms with Crippen molar-refractivity contribution in [1.82, 2.24) is 0 Å². The van der Waals surface area contributed by atoms with E-state index < -0.39 is 0 Å². The van der Waals surface area contributed by atoms with Crippen LogP contribution < -0.4 is 0 Å². The number of hydrogen-bond acceptors (Lipinski definition) is 0. The predicted octanol–water partition coefficient (Wildman–Crippen LogP) is -10.7. The molecule has 0 aliphatic heterocycles. The molecule has 0 aromatic rings. The standard InChI is InChI=1S/27Pb.Sn. The van der Waals surface area contributed by atoms with Gasteiger partial charge in [0.15, 0.2) is 0 Å². The van der Waals surface area contributed by atoms with Crippen molar-refractivity contribution >= 4 is 761 Å². The van der Waals surface area contributed by atoms with Crippen molar-refractivity contribution in [2.24, 2.45) is 0 Å². The fourth-order valence-electron chi connectivity index (χ4n) is 0. The Morgan fingerprint density at radius 2 is 0.0714 bits per heavy atom. The number of rotatable bonds is 0. The van der Waals surface area contributed by atoms with Gasteiger partial charge in [-0.3, -0.25) is 0 Å². The smallest absolute Gasteiger partial charge is 0 e. The van der Waals surface area contributed by atoms with E-state index in [4.69, 9.17) is 0 Å². The van der Waals surface area contributed by atoms with E-state index in [1.807, 2.05) is 0 Å². The van der Waals surface area contributed by atoms with Gasteiger partial charge in [-0.1, -0.05) is 0 Å². The molecule has 0 saturated carbocycles. The van der Waals surface area contributed by atoms with Gasteiger partial charge in [-0.05, 0) is 0 Å². The average molecular weight is 5710 g/mol. The molecule has 0 saturated heterocycles. The summed E-state index contributed by atoms with van der Waals surface area (Å²) in [6, 6.07) is 0. The van der Waals surface area contributed by atoms with E-state index in [0.29, 0.717) is 0 Å². The van der Waals surface area contributed by atoms with Gasteiger partial charge in [0.2, 0.25) is 0 Å². The normalized spacial score (nSPS) is 0. The summed E-state index contributed by atoms with van der Waals surface area (Å²) in [5, 5.41) is 0. The summed E-state index contributed by atoms with van der Waals surface area (Å²) in [4.78, 5) is 0. The molecule has 0 N–H and O–H groups in total. The van der Waals surface area contributed by atoms with Crippen LogP contribution in [-0.4, -0.2) is 761 Å². The molecule has 112 valence electrons. The van der Waals surface area contributed by atoms with Gasteiger partial charge < -0.3 is 0 Å². The number of hydrogen-bond donors (Lipinski definition) is 0. The minimum atomic E-state index is 0. The zero-order chi connectivity index (χ0) is 0. The second-order valence-corrected chi connectivity index (χ2v) is 0. The van der Waals surface area contributed by atoms with E-state index in [2.05, 4.69) is 0 Å². The van der Waals surface area contributed by atoms with E-state index in [9.17, 15) is 0 Å². The third-order valence-electron chi connectivity index (χ3n) is 0. The van der Waals surface area contributed by atoms with Crippen LogP contribution in [0.15, 0.2) is 0 Å². The van der Waals surface area contributed by atoms with Crippen LogP contribution in [0, 0.1) is 0 Å². The molecule has 28 heteroatoms. The SMILES string of the molecule is [Pb].[Pb].[Pb].[Pb].[Pb].[Pb].[Pb].[Pb].[Pb].[Pb].[Pb].[Pb].[Pb].[Pb].[Pb].[Pb].[Pb].[Pb].[Pb].[Pb].[Pb].[Pb].[Pb].[Pb].[Pb].[Pb].[Pb].[Sn]. The third-order valence-corrected chi connectivity index (χ3v) is 0. The summed E-state index contributed by atoms with van der Waals surface area (Å²) in [6.45, 7) is 0. The molecule has 0 heterocycles. The summed E-state index contributed by atoms with van der Waals surface area (Å²) in [6.07, 6.45) is 0. The van der Waals surface area contributed by atoms with Gasteiger partial charge in [0, 0.05) is 761 Å². The summed E-state index contributed by atoms with van der Waals surface area (Å²) >= 11 is 0.